The Morgan fingerprint density at radius 2 is 1.71 bits per heavy atom. The fraction of sp³-hybridized carbons (Fsp3) is 0.0667. The Morgan fingerprint density at radius 1 is 1.00 bits per heavy atom. The molecule has 10 nitrogen and oxygen atoms in total. The molecule has 0 aliphatic heterocycles. The van der Waals surface area contributed by atoms with Crippen molar-refractivity contribution in [2.45, 2.75) is 4.90 Å². The first kappa shape index (κ1) is 28.5. The lowest BCUT2D eigenvalue weighted by molar-refractivity contribution is 0.104. The Bertz CT molecular complexity index is 1960. The second-order valence-corrected chi connectivity index (χ2v) is 11.2. The number of carbonyl (C=O) groups is 1. The Balaban J connectivity index is 1.21. The summed E-state index contributed by atoms with van der Waals surface area (Å²) >= 11 is 6.16. The van der Waals surface area contributed by atoms with E-state index in [1.54, 1.807) is 36.4 Å². The number of ketones is 1. The highest BCUT2D eigenvalue weighted by atomic mass is 35.5. The Labute approximate surface area is 247 Å². The van der Waals surface area contributed by atoms with Gasteiger partial charge in [0.25, 0.3) is 10.0 Å². The number of fused-ring (bicyclic) bond motifs is 1. The number of hydrogen-bond acceptors (Lipinski definition) is 8. The third kappa shape index (κ3) is 6.65. The van der Waals surface area contributed by atoms with Crippen LogP contribution in [0.4, 0.5) is 17.3 Å². The Kier molecular flexibility index (Phi) is 8.32. The highest BCUT2D eigenvalue weighted by Gasteiger charge is 2.15. The standard InChI is InChI=1S/C30H25ClN6O4S/c1-37-16-14-27(26-12-5-21(31)17-28(26)37)35-23-6-3-20(4-7-23)29(38)13-15-32-22-8-10-25(11-9-22)42(39,40)36-30-33-18-24(41-2)19-34-30/h3-19,32H,1-2H3,(H,33,34,36)/b15-13+,35-27?. The second-order valence-electron chi connectivity index (χ2n) is 9.05. The van der Waals surface area contributed by atoms with Gasteiger partial charge >= 0.3 is 0 Å². The van der Waals surface area contributed by atoms with Crippen LogP contribution in [0.2, 0.25) is 5.02 Å². The maximum atomic E-state index is 12.7. The number of benzene rings is 3. The van der Waals surface area contributed by atoms with Gasteiger partial charge in [-0.15, -0.1) is 0 Å². The molecule has 0 radical (unpaired) electrons. The number of nitrogens with zero attached hydrogens (tertiary/aromatic N) is 4. The topological polar surface area (TPSA) is 128 Å². The lowest BCUT2D eigenvalue weighted by atomic mass is 10.1. The maximum absolute atomic E-state index is 12.7. The van der Waals surface area contributed by atoms with Gasteiger partial charge in [0.1, 0.15) is 0 Å². The molecule has 2 N–H and O–H groups in total. The molecule has 0 aliphatic carbocycles. The number of methoxy groups -OCH3 is 1. The van der Waals surface area contributed by atoms with Gasteiger partial charge in [0.05, 0.1) is 41.0 Å². The minimum Gasteiger partial charge on any atom is -0.494 e. The van der Waals surface area contributed by atoms with E-state index in [0.717, 1.165) is 16.3 Å². The zero-order valence-electron chi connectivity index (χ0n) is 22.5. The van der Waals surface area contributed by atoms with Crippen LogP contribution in [0.15, 0.2) is 114 Å². The van der Waals surface area contributed by atoms with Gasteiger partial charge in [0.2, 0.25) is 5.95 Å². The smallest absolute Gasteiger partial charge is 0.264 e. The molecule has 0 atom stereocenters. The van der Waals surface area contributed by atoms with Crippen LogP contribution in [0.25, 0.3) is 10.9 Å². The molecule has 0 unspecified atom stereocenters. The number of hydrogen-bond donors (Lipinski definition) is 2. The van der Waals surface area contributed by atoms with Gasteiger partial charge in [-0.05, 0) is 72.8 Å². The van der Waals surface area contributed by atoms with Crippen LogP contribution in [-0.2, 0) is 17.1 Å². The van der Waals surface area contributed by atoms with E-state index in [0.29, 0.717) is 27.7 Å². The molecule has 2 aromatic heterocycles. The molecule has 0 amide bonds. The van der Waals surface area contributed by atoms with E-state index in [-0.39, 0.29) is 16.6 Å². The number of carbonyl (C=O) groups excluding carboxylic acids is 1. The number of aryl methyl sites for hydroxylation is 1. The molecular formula is C30H25ClN6O4S. The number of aromatic nitrogens is 3. The van der Waals surface area contributed by atoms with Crippen LogP contribution in [-0.4, -0.2) is 35.8 Å². The number of rotatable bonds is 9. The lowest BCUT2D eigenvalue weighted by Crippen LogP contribution is -2.15. The molecule has 3 aromatic carbocycles. The number of nitrogens with one attached hydrogen (secondary N) is 2. The molecule has 42 heavy (non-hydrogen) atoms. The van der Waals surface area contributed by atoms with E-state index in [1.807, 2.05) is 42.1 Å². The van der Waals surface area contributed by atoms with E-state index in [1.165, 1.54) is 43.9 Å². The average Bonchev–Trinajstić information content (AvgIpc) is 2.99. The zero-order valence-corrected chi connectivity index (χ0v) is 24.1. The third-order valence-corrected chi connectivity index (χ3v) is 7.79. The first-order chi connectivity index (χ1) is 20.2. The summed E-state index contributed by atoms with van der Waals surface area (Å²) in [7, 11) is -0.479. The summed E-state index contributed by atoms with van der Waals surface area (Å²) in [6, 6.07) is 20.6. The van der Waals surface area contributed by atoms with Crippen molar-refractivity contribution in [3.05, 3.63) is 120 Å². The van der Waals surface area contributed by atoms with E-state index in [4.69, 9.17) is 21.3 Å². The highest BCUT2D eigenvalue weighted by Crippen LogP contribution is 2.19. The van der Waals surface area contributed by atoms with Crippen molar-refractivity contribution < 1.29 is 17.9 Å². The third-order valence-electron chi connectivity index (χ3n) is 6.21. The molecule has 0 saturated carbocycles. The first-order valence-electron chi connectivity index (χ1n) is 12.6. The van der Waals surface area contributed by atoms with Gasteiger partial charge in [0.15, 0.2) is 11.5 Å². The van der Waals surface area contributed by atoms with Crippen LogP contribution in [0.5, 0.6) is 5.75 Å². The molecule has 12 heteroatoms. The maximum Gasteiger partial charge on any atom is 0.264 e. The van der Waals surface area contributed by atoms with Crippen LogP contribution in [0.1, 0.15) is 10.4 Å². The van der Waals surface area contributed by atoms with Gasteiger partial charge in [-0.3, -0.25) is 4.79 Å². The number of sulfonamides is 1. The molecule has 0 saturated heterocycles. The molecule has 5 rings (SSSR count). The van der Waals surface area contributed by atoms with Crippen LogP contribution in [0.3, 0.4) is 0 Å². The monoisotopic (exact) mass is 600 g/mol. The highest BCUT2D eigenvalue weighted by molar-refractivity contribution is 7.92. The molecule has 5 aromatic rings. The summed E-state index contributed by atoms with van der Waals surface area (Å²) in [5.41, 5.74) is 2.76. The van der Waals surface area contributed by atoms with Crippen LogP contribution < -0.4 is 20.1 Å². The van der Waals surface area contributed by atoms with Gasteiger partial charge in [-0.1, -0.05) is 11.6 Å². The number of anilines is 2. The van der Waals surface area contributed by atoms with E-state index >= 15 is 0 Å². The summed E-state index contributed by atoms with van der Waals surface area (Å²) in [5, 5.41) is 5.39. The van der Waals surface area contributed by atoms with Crippen molar-refractivity contribution in [3.8, 4) is 5.75 Å². The average molecular weight is 601 g/mol. The van der Waals surface area contributed by atoms with Crippen molar-refractivity contribution in [1.82, 2.24) is 14.5 Å². The number of pyridine rings is 1. The fourth-order valence-corrected chi connectivity index (χ4v) is 5.12. The number of halogens is 1. The van der Waals surface area contributed by atoms with E-state index in [2.05, 4.69) is 20.0 Å². The molecule has 2 heterocycles. The summed E-state index contributed by atoms with van der Waals surface area (Å²) < 4.78 is 34.5. The van der Waals surface area contributed by atoms with Gasteiger partial charge < -0.3 is 14.6 Å². The number of ether oxygens (including phenoxy) is 1. The summed E-state index contributed by atoms with van der Waals surface area (Å²) in [4.78, 5) is 25.3. The van der Waals surface area contributed by atoms with Gasteiger partial charge in [-0.25, -0.2) is 28.1 Å². The van der Waals surface area contributed by atoms with Gasteiger partial charge in [-0.2, -0.15) is 0 Å². The second kappa shape index (κ2) is 12.2. The lowest BCUT2D eigenvalue weighted by Gasteiger charge is -2.08. The van der Waals surface area contributed by atoms with Crippen molar-refractivity contribution in [2.24, 2.45) is 12.0 Å². The Morgan fingerprint density at radius 3 is 2.40 bits per heavy atom. The quantitative estimate of drug-likeness (QED) is 0.170. The van der Waals surface area contributed by atoms with Crippen molar-refractivity contribution >= 4 is 55.6 Å². The molecule has 0 aliphatic rings. The summed E-state index contributed by atoms with van der Waals surface area (Å²) in [6.07, 6.45) is 7.54. The minimum atomic E-state index is -3.89. The molecule has 0 fully saturated rings. The summed E-state index contributed by atoms with van der Waals surface area (Å²) in [5.74, 6) is 0.128. The van der Waals surface area contributed by atoms with E-state index < -0.39 is 10.0 Å². The van der Waals surface area contributed by atoms with Crippen LogP contribution in [0, 0.1) is 0 Å². The van der Waals surface area contributed by atoms with E-state index in [9.17, 15) is 13.2 Å². The normalized spacial score (nSPS) is 12.0. The Hall–Kier alpha value is -5.00. The van der Waals surface area contributed by atoms with Crippen LogP contribution >= 0.6 is 11.6 Å². The predicted molar refractivity (Wildman–Crippen MR) is 163 cm³/mol. The number of allylic oxidation sites excluding steroid dienone is 1. The minimum absolute atomic E-state index is 0.0271. The molecular weight excluding hydrogens is 576 g/mol. The van der Waals surface area contributed by atoms with Crippen molar-refractivity contribution in [2.75, 3.05) is 17.1 Å². The first-order valence-corrected chi connectivity index (χ1v) is 14.4. The summed E-state index contributed by atoms with van der Waals surface area (Å²) in [6.45, 7) is 0. The van der Waals surface area contributed by atoms with Gasteiger partial charge in [0, 0.05) is 47.2 Å². The largest absolute Gasteiger partial charge is 0.494 e. The fourth-order valence-electron chi connectivity index (χ4n) is 4.00. The molecule has 0 bridgehead atoms. The predicted octanol–water partition coefficient (Wildman–Crippen LogP) is 5.47. The molecule has 212 valence electrons. The SMILES string of the molecule is COc1cnc(NS(=O)(=O)c2ccc(N/C=C/C(=O)c3ccc(N=c4ccn(C)c5cc(Cl)ccc45)cc3)cc2)nc1. The molecule has 0 spiro atoms. The van der Waals surface area contributed by atoms with Crippen molar-refractivity contribution in [3.63, 3.8) is 0 Å². The van der Waals surface area contributed by atoms with Crippen molar-refractivity contribution in [1.29, 1.82) is 0 Å². The zero-order chi connectivity index (χ0) is 29.7.